The van der Waals surface area contributed by atoms with Crippen LogP contribution in [0.25, 0.3) is 0 Å². The number of halogens is 3. The van der Waals surface area contributed by atoms with E-state index in [0.717, 1.165) is 89.2 Å². The Labute approximate surface area is 238 Å². The SMILES string of the molecule is C=CCCCOc1ccc(COC2CCC(c3ccc(C4CCC(OCCCC)CC4)c(F)c3F)CC2)cc1F. The van der Waals surface area contributed by atoms with Crippen LogP contribution in [0.3, 0.4) is 0 Å². The predicted molar refractivity (Wildman–Crippen MR) is 153 cm³/mol. The van der Waals surface area contributed by atoms with Gasteiger partial charge in [-0.25, -0.2) is 13.2 Å². The standard InChI is InChI=1S/C34H45F3O3/c1-3-5-7-21-39-32-19-8-24(22-31(32)35)23-40-28-15-11-26(12-16-28)30-18-17-29(33(36)34(30)37)25-9-13-27(14-10-25)38-20-6-4-2/h3,8,17-19,22,25-28H,1,4-7,9-16,20-21,23H2,2H3. The first-order chi connectivity index (χ1) is 19.5. The Hall–Kier alpha value is -2.31. The van der Waals surface area contributed by atoms with Gasteiger partial charge < -0.3 is 14.2 Å². The zero-order valence-electron chi connectivity index (χ0n) is 23.9. The molecule has 220 valence electrons. The van der Waals surface area contributed by atoms with Gasteiger partial charge >= 0.3 is 0 Å². The lowest BCUT2D eigenvalue weighted by atomic mass is 9.79. The fourth-order valence-electron chi connectivity index (χ4n) is 6.06. The van der Waals surface area contributed by atoms with E-state index in [2.05, 4.69) is 13.5 Å². The van der Waals surface area contributed by atoms with Gasteiger partial charge in [-0.15, -0.1) is 6.58 Å². The highest BCUT2D eigenvalue weighted by Gasteiger charge is 2.30. The molecule has 0 aromatic heterocycles. The van der Waals surface area contributed by atoms with Gasteiger partial charge in [0.05, 0.1) is 25.4 Å². The maximum Gasteiger partial charge on any atom is 0.165 e. The van der Waals surface area contributed by atoms with Crippen molar-refractivity contribution in [1.82, 2.24) is 0 Å². The molecule has 3 nitrogen and oxygen atoms in total. The second kappa shape index (κ2) is 15.6. The Morgan fingerprint density at radius 1 is 0.775 bits per heavy atom. The van der Waals surface area contributed by atoms with Gasteiger partial charge in [0.15, 0.2) is 23.2 Å². The second-order valence-corrected chi connectivity index (χ2v) is 11.4. The molecule has 2 aliphatic rings. The van der Waals surface area contributed by atoms with Crippen molar-refractivity contribution in [2.45, 2.75) is 115 Å². The molecule has 0 spiro atoms. The minimum absolute atomic E-state index is 0.0129. The molecule has 4 rings (SSSR count). The molecule has 0 bridgehead atoms. The Morgan fingerprint density at radius 3 is 1.93 bits per heavy atom. The van der Waals surface area contributed by atoms with E-state index in [9.17, 15) is 4.39 Å². The molecule has 2 aromatic rings. The van der Waals surface area contributed by atoms with Crippen LogP contribution in [0.2, 0.25) is 0 Å². The molecular weight excluding hydrogens is 513 g/mol. The Bertz CT molecular complexity index is 1070. The number of unbranched alkanes of at least 4 members (excludes halogenated alkanes) is 2. The van der Waals surface area contributed by atoms with Gasteiger partial charge in [0.2, 0.25) is 0 Å². The fraction of sp³-hybridized carbons (Fsp3) is 0.588. The molecular formula is C34H45F3O3. The lowest BCUT2D eigenvalue weighted by Gasteiger charge is -2.31. The van der Waals surface area contributed by atoms with E-state index in [-0.39, 0.29) is 29.8 Å². The number of ether oxygens (including phenoxy) is 3. The third kappa shape index (κ3) is 8.36. The zero-order valence-corrected chi connectivity index (χ0v) is 23.9. The molecule has 0 unspecified atom stereocenters. The minimum atomic E-state index is -0.675. The second-order valence-electron chi connectivity index (χ2n) is 11.4. The molecule has 0 aliphatic heterocycles. The van der Waals surface area contributed by atoms with Gasteiger partial charge in [0.25, 0.3) is 0 Å². The summed E-state index contributed by atoms with van der Waals surface area (Å²) in [4.78, 5) is 0. The van der Waals surface area contributed by atoms with E-state index < -0.39 is 17.5 Å². The Balaban J connectivity index is 1.23. The Morgan fingerprint density at radius 2 is 1.38 bits per heavy atom. The first kappa shape index (κ1) is 30.6. The van der Waals surface area contributed by atoms with Crippen molar-refractivity contribution in [2.24, 2.45) is 0 Å². The van der Waals surface area contributed by atoms with Crippen molar-refractivity contribution in [3.63, 3.8) is 0 Å². The van der Waals surface area contributed by atoms with Crippen molar-refractivity contribution < 1.29 is 27.4 Å². The third-order valence-electron chi connectivity index (χ3n) is 8.51. The number of hydrogen-bond donors (Lipinski definition) is 0. The van der Waals surface area contributed by atoms with Gasteiger partial charge in [0, 0.05) is 6.61 Å². The molecule has 2 fully saturated rings. The predicted octanol–water partition coefficient (Wildman–Crippen LogP) is 9.53. The van der Waals surface area contributed by atoms with Crippen LogP contribution in [-0.4, -0.2) is 25.4 Å². The fourth-order valence-corrected chi connectivity index (χ4v) is 6.06. The van der Waals surface area contributed by atoms with Crippen molar-refractivity contribution in [1.29, 1.82) is 0 Å². The summed E-state index contributed by atoms with van der Waals surface area (Å²) in [5, 5.41) is 0. The quantitative estimate of drug-likeness (QED) is 0.171. The normalized spacial score (nSPS) is 23.2. The highest BCUT2D eigenvalue weighted by molar-refractivity contribution is 5.32. The van der Waals surface area contributed by atoms with Gasteiger partial charge in [-0.1, -0.05) is 37.6 Å². The molecule has 0 radical (unpaired) electrons. The van der Waals surface area contributed by atoms with Crippen LogP contribution in [0.5, 0.6) is 5.75 Å². The van der Waals surface area contributed by atoms with Gasteiger partial charge in [0.1, 0.15) is 0 Å². The smallest absolute Gasteiger partial charge is 0.165 e. The van der Waals surface area contributed by atoms with E-state index in [1.165, 1.54) is 6.07 Å². The minimum Gasteiger partial charge on any atom is -0.491 e. The summed E-state index contributed by atoms with van der Waals surface area (Å²) >= 11 is 0. The average Bonchev–Trinajstić information content (AvgIpc) is 2.97. The van der Waals surface area contributed by atoms with E-state index in [0.29, 0.717) is 24.3 Å². The van der Waals surface area contributed by atoms with Crippen molar-refractivity contribution in [3.8, 4) is 5.75 Å². The summed E-state index contributed by atoms with van der Waals surface area (Å²) < 4.78 is 62.4. The molecule has 0 atom stereocenters. The van der Waals surface area contributed by atoms with E-state index in [1.807, 2.05) is 24.3 Å². The molecule has 2 aromatic carbocycles. The van der Waals surface area contributed by atoms with E-state index in [4.69, 9.17) is 14.2 Å². The highest BCUT2D eigenvalue weighted by atomic mass is 19.2. The number of benzene rings is 2. The van der Waals surface area contributed by atoms with Crippen LogP contribution >= 0.6 is 0 Å². The largest absolute Gasteiger partial charge is 0.491 e. The molecule has 0 N–H and O–H groups in total. The van der Waals surface area contributed by atoms with E-state index in [1.54, 1.807) is 6.07 Å². The van der Waals surface area contributed by atoms with Crippen LogP contribution in [0.4, 0.5) is 13.2 Å². The lowest BCUT2D eigenvalue weighted by Crippen LogP contribution is -2.23. The van der Waals surface area contributed by atoms with Gasteiger partial charge in [-0.05, 0) is 111 Å². The lowest BCUT2D eigenvalue weighted by molar-refractivity contribution is 0.0129. The van der Waals surface area contributed by atoms with Crippen molar-refractivity contribution in [3.05, 3.63) is 77.1 Å². The molecule has 0 heterocycles. The van der Waals surface area contributed by atoms with Crippen LogP contribution in [0.15, 0.2) is 43.0 Å². The molecule has 2 saturated carbocycles. The number of allylic oxidation sites excluding steroid dienone is 1. The van der Waals surface area contributed by atoms with Crippen LogP contribution in [-0.2, 0) is 16.1 Å². The number of rotatable bonds is 14. The monoisotopic (exact) mass is 558 g/mol. The van der Waals surface area contributed by atoms with Gasteiger partial charge in [-0.2, -0.15) is 0 Å². The maximum absolute atomic E-state index is 15.3. The van der Waals surface area contributed by atoms with Crippen LogP contribution in [0, 0.1) is 17.5 Å². The number of hydrogen-bond acceptors (Lipinski definition) is 3. The zero-order chi connectivity index (χ0) is 28.3. The molecule has 40 heavy (non-hydrogen) atoms. The Kier molecular flexibility index (Phi) is 12.0. The molecule has 0 amide bonds. The summed E-state index contributed by atoms with van der Waals surface area (Å²) in [5.74, 6) is -1.44. The molecule has 6 heteroatoms. The summed E-state index contributed by atoms with van der Waals surface area (Å²) in [5.41, 5.74) is 1.76. The van der Waals surface area contributed by atoms with Crippen molar-refractivity contribution in [2.75, 3.05) is 13.2 Å². The third-order valence-corrected chi connectivity index (χ3v) is 8.51. The summed E-state index contributed by atoms with van der Waals surface area (Å²) in [6, 6.07) is 8.56. The summed E-state index contributed by atoms with van der Waals surface area (Å²) in [7, 11) is 0. The highest BCUT2D eigenvalue weighted by Crippen LogP contribution is 2.40. The summed E-state index contributed by atoms with van der Waals surface area (Å²) in [6.07, 6.45) is 12.4. The first-order valence-electron chi connectivity index (χ1n) is 15.2. The van der Waals surface area contributed by atoms with Crippen molar-refractivity contribution >= 4 is 0 Å². The first-order valence-corrected chi connectivity index (χ1v) is 15.2. The van der Waals surface area contributed by atoms with Gasteiger partial charge in [-0.3, -0.25) is 0 Å². The summed E-state index contributed by atoms with van der Waals surface area (Å²) in [6.45, 7) is 7.37. The average molecular weight is 559 g/mol. The molecule has 2 aliphatic carbocycles. The van der Waals surface area contributed by atoms with E-state index >= 15 is 8.78 Å². The van der Waals surface area contributed by atoms with Crippen LogP contribution < -0.4 is 4.74 Å². The topological polar surface area (TPSA) is 27.7 Å². The maximum atomic E-state index is 15.3. The van der Waals surface area contributed by atoms with Crippen LogP contribution in [0.1, 0.15) is 112 Å². The molecule has 0 saturated heterocycles.